The summed E-state index contributed by atoms with van der Waals surface area (Å²) in [6, 6.07) is 0. The first-order valence-corrected chi connectivity index (χ1v) is 7.51. The first-order chi connectivity index (χ1) is 9.00. The van der Waals surface area contributed by atoms with Gasteiger partial charge in [0.25, 0.3) is 0 Å². The summed E-state index contributed by atoms with van der Waals surface area (Å²) < 4.78 is 9.92. The quantitative estimate of drug-likeness (QED) is 0.449. The predicted molar refractivity (Wildman–Crippen MR) is 73.6 cm³/mol. The van der Waals surface area contributed by atoms with Crippen LogP contribution in [-0.2, 0) is 19.1 Å². The number of fused-ring (bicyclic) bond motifs is 1. The molecular formula is C13H15IO5. The smallest absolute Gasteiger partial charge is 0.334 e. The van der Waals surface area contributed by atoms with Crippen molar-refractivity contribution < 1.29 is 24.2 Å². The normalized spacial score (nSPS) is 37.8. The van der Waals surface area contributed by atoms with Crippen LogP contribution in [0.1, 0.15) is 19.8 Å². The van der Waals surface area contributed by atoms with Crippen LogP contribution in [0.25, 0.3) is 0 Å². The molecule has 5 atom stereocenters. The molecule has 3 rings (SSSR count). The Morgan fingerprint density at radius 1 is 1.68 bits per heavy atom. The number of aliphatic hydroxyl groups is 1. The van der Waals surface area contributed by atoms with Crippen molar-refractivity contribution in [3.8, 4) is 0 Å². The minimum absolute atomic E-state index is 0.0802. The van der Waals surface area contributed by atoms with Crippen LogP contribution in [-0.4, -0.2) is 39.3 Å². The van der Waals surface area contributed by atoms with Crippen LogP contribution in [0.15, 0.2) is 11.6 Å². The van der Waals surface area contributed by atoms with E-state index in [4.69, 9.17) is 9.47 Å². The van der Waals surface area contributed by atoms with E-state index in [9.17, 15) is 14.7 Å². The Kier molecular flexibility index (Phi) is 3.12. The standard InChI is InChI=1S/C13H15IO5/c1-2-13(14,5-15)12(17)19-9-6-3-7-8(4-6)11(16)18-10(7)9/h4,6-7,9-10,15H,2-3,5H2,1H3. The minimum Gasteiger partial charge on any atom is -0.457 e. The lowest BCUT2D eigenvalue weighted by atomic mass is 9.97. The summed E-state index contributed by atoms with van der Waals surface area (Å²) in [7, 11) is 0. The van der Waals surface area contributed by atoms with Crippen LogP contribution in [0.2, 0.25) is 0 Å². The Hall–Kier alpha value is -0.630. The second kappa shape index (κ2) is 4.44. The maximum absolute atomic E-state index is 12.2. The molecule has 2 fully saturated rings. The molecule has 5 nitrogen and oxygen atoms in total. The Labute approximate surface area is 124 Å². The largest absolute Gasteiger partial charge is 0.457 e. The maximum Gasteiger partial charge on any atom is 0.334 e. The van der Waals surface area contributed by atoms with Gasteiger partial charge in [-0.05, 0) is 12.8 Å². The van der Waals surface area contributed by atoms with Crippen molar-refractivity contribution in [2.45, 2.75) is 35.4 Å². The number of halogens is 1. The van der Waals surface area contributed by atoms with Gasteiger partial charge in [0.1, 0.15) is 15.6 Å². The summed E-state index contributed by atoms with van der Waals surface area (Å²) >= 11 is 1.93. The molecule has 0 amide bonds. The van der Waals surface area contributed by atoms with Crippen molar-refractivity contribution in [1.29, 1.82) is 0 Å². The van der Waals surface area contributed by atoms with Gasteiger partial charge in [0.15, 0.2) is 0 Å². The zero-order chi connectivity index (χ0) is 13.8. The molecule has 0 aromatic rings. The van der Waals surface area contributed by atoms with Crippen LogP contribution < -0.4 is 0 Å². The molecule has 5 unspecified atom stereocenters. The molecule has 1 saturated heterocycles. The lowest BCUT2D eigenvalue weighted by Gasteiger charge is -2.28. The van der Waals surface area contributed by atoms with Crippen LogP contribution in [0.4, 0.5) is 0 Å². The van der Waals surface area contributed by atoms with Crippen LogP contribution >= 0.6 is 22.6 Å². The number of aliphatic hydroxyl groups excluding tert-OH is 1. The van der Waals surface area contributed by atoms with Crippen LogP contribution in [0.5, 0.6) is 0 Å². The van der Waals surface area contributed by atoms with E-state index in [0.29, 0.717) is 6.42 Å². The number of esters is 2. The van der Waals surface area contributed by atoms with E-state index < -0.39 is 9.39 Å². The first kappa shape index (κ1) is 13.4. The fourth-order valence-electron chi connectivity index (χ4n) is 3.12. The highest BCUT2D eigenvalue weighted by atomic mass is 127. The molecule has 2 aliphatic carbocycles. The lowest BCUT2D eigenvalue weighted by Crippen LogP contribution is -2.43. The minimum atomic E-state index is -0.908. The molecular weight excluding hydrogens is 363 g/mol. The first-order valence-electron chi connectivity index (χ1n) is 6.43. The average Bonchev–Trinajstić information content (AvgIpc) is 3.02. The number of alkyl halides is 1. The molecule has 1 N–H and O–H groups in total. The topological polar surface area (TPSA) is 72.8 Å². The molecule has 1 aliphatic heterocycles. The Morgan fingerprint density at radius 2 is 2.42 bits per heavy atom. The highest BCUT2D eigenvalue weighted by molar-refractivity contribution is 14.1. The van der Waals surface area contributed by atoms with E-state index in [2.05, 4.69) is 0 Å². The Morgan fingerprint density at radius 3 is 3.05 bits per heavy atom. The SMILES string of the molecule is CCC(I)(CO)C(=O)OC1C2C=C3C(=O)OC1C3C2. The van der Waals surface area contributed by atoms with Gasteiger partial charge in [0.2, 0.25) is 0 Å². The molecule has 6 heteroatoms. The van der Waals surface area contributed by atoms with Crippen molar-refractivity contribution >= 4 is 34.5 Å². The molecule has 1 saturated carbocycles. The van der Waals surface area contributed by atoms with E-state index in [0.717, 1.165) is 12.0 Å². The molecule has 3 aliphatic rings. The maximum atomic E-state index is 12.2. The summed E-state index contributed by atoms with van der Waals surface area (Å²) in [5, 5.41) is 9.33. The Bertz CT molecular complexity index is 468. The van der Waals surface area contributed by atoms with Crippen LogP contribution in [0, 0.1) is 11.8 Å². The molecule has 0 aromatic carbocycles. The van der Waals surface area contributed by atoms with E-state index in [1.54, 1.807) is 0 Å². The third-order valence-corrected chi connectivity index (χ3v) is 5.90. The monoisotopic (exact) mass is 378 g/mol. The zero-order valence-electron chi connectivity index (χ0n) is 10.5. The number of hydrogen-bond acceptors (Lipinski definition) is 5. The summed E-state index contributed by atoms with van der Waals surface area (Å²) in [5.41, 5.74) is 0.751. The van der Waals surface area contributed by atoms with Gasteiger partial charge < -0.3 is 14.6 Å². The van der Waals surface area contributed by atoms with Crippen molar-refractivity contribution in [3.63, 3.8) is 0 Å². The highest BCUT2D eigenvalue weighted by Gasteiger charge is 2.59. The van der Waals surface area contributed by atoms with Crippen molar-refractivity contribution in [2.75, 3.05) is 6.61 Å². The highest BCUT2D eigenvalue weighted by Crippen LogP contribution is 2.51. The summed E-state index contributed by atoms with van der Waals surface area (Å²) in [4.78, 5) is 23.7. The van der Waals surface area contributed by atoms with Crippen molar-refractivity contribution in [3.05, 3.63) is 11.6 Å². The molecule has 104 valence electrons. The lowest BCUT2D eigenvalue weighted by molar-refractivity contribution is -0.164. The second-order valence-corrected chi connectivity index (χ2v) is 7.41. The molecule has 2 bridgehead atoms. The van der Waals surface area contributed by atoms with Gasteiger partial charge in [-0.1, -0.05) is 35.6 Å². The summed E-state index contributed by atoms with van der Waals surface area (Å²) in [6.45, 7) is 1.58. The van der Waals surface area contributed by atoms with Gasteiger partial charge in [-0.2, -0.15) is 0 Å². The van der Waals surface area contributed by atoms with E-state index in [-0.39, 0.29) is 36.6 Å². The Balaban J connectivity index is 1.75. The van der Waals surface area contributed by atoms with Gasteiger partial charge in [-0.25, -0.2) is 4.79 Å². The van der Waals surface area contributed by atoms with E-state index in [1.165, 1.54) is 0 Å². The van der Waals surface area contributed by atoms with E-state index in [1.807, 2.05) is 35.6 Å². The predicted octanol–water partition coefficient (Wildman–Crippen LogP) is 0.976. The third-order valence-electron chi connectivity index (χ3n) is 4.36. The number of rotatable bonds is 4. The van der Waals surface area contributed by atoms with Crippen LogP contribution in [0.3, 0.4) is 0 Å². The molecule has 1 heterocycles. The molecule has 0 aromatic heterocycles. The fourth-order valence-corrected chi connectivity index (χ4v) is 3.25. The van der Waals surface area contributed by atoms with Crippen molar-refractivity contribution in [1.82, 2.24) is 0 Å². The van der Waals surface area contributed by atoms with Gasteiger partial charge in [0, 0.05) is 17.4 Å². The third kappa shape index (κ3) is 1.83. The number of carbonyl (C=O) groups is 2. The van der Waals surface area contributed by atoms with Gasteiger partial charge in [-0.15, -0.1) is 0 Å². The van der Waals surface area contributed by atoms with Gasteiger partial charge in [-0.3, -0.25) is 4.79 Å². The van der Waals surface area contributed by atoms with Gasteiger partial charge in [0.05, 0.1) is 6.61 Å². The molecule has 0 spiro atoms. The summed E-state index contributed by atoms with van der Waals surface area (Å²) in [5.74, 6) is -0.519. The number of ether oxygens (including phenoxy) is 2. The van der Waals surface area contributed by atoms with E-state index >= 15 is 0 Å². The van der Waals surface area contributed by atoms with Crippen molar-refractivity contribution in [2.24, 2.45) is 11.8 Å². The zero-order valence-corrected chi connectivity index (χ0v) is 12.6. The summed E-state index contributed by atoms with van der Waals surface area (Å²) in [6.07, 6.45) is 2.49. The van der Waals surface area contributed by atoms with Gasteiger partial charge >= 0.3 is 11.9 Å². The second-order valence-electron chi connectivity index (χ2n) is 5.34. The molecule has 19 heavy (non-hydrogen) atoms. The fraction of sp³-hybridized carbons (Fsp3) is 0.692. The molecule has 0 radical (unpaired) electrons. The number of hydrogen-bond donors (Lipinski definition) is 1. The number of carbonyl (C=O) groups excluding carboxylic acids is 2. The average molecular weight is 378 g/mol.